The molecule has 0 fully saturated rings. The van der Waals surface area contributed by atoms with Crippen LogP contribution >= 0.6 is 22.9 Å². The van der Waals surface area contributed by atoms with E-state index in [-0.39, 0.29) is 11.1 Å². The van der Waals surface area contributed by atoms with E-state index >= 15 is 0 Å². The lowest BCUT2D eigenvalue weighted by Crippen LogP contribution is -2.31. The fourth-order valence-corrected chi connectivity index (χ4v) is 3.80. The molecule has 4 nitrogen and oxygen atoms in total. The molecule has 6 heteroatoms. The molecule has 126 valence electrons. The van der Waals surface area contributed by atoms with Crippen molar-refractivity contribution in [2.24, 2.45) is 0 Å². The second-order valence-corrected chi connectivity index (χ2v) is 6.96. The molecule has 3 aromatic rings. The third-order valence-corrected chi connectivity index (χ3v) is 5.09. The summed E-state index contributed by atoms with van der Waals surface area (Å²) in [6, 6.07) is 18.3. The van der Waals surface area contributed by atoms with E-state index in [0.29, 0.717) is 19.9 Å². The Morgan fingerprint density at radius 2 is 1.88 bits per heavy atom. The number of para-hydroxylation sites is 1. The number of hydrogen-bond acceptors (Lipinski definition) is 4. The predicted octanol–water partition coefficient (Wildman–Crippen LogP) is 2.89. The van der Waals surface area contributed by atoms with E-state index in [9.17, 15) is 15.3 Å². The van der Waals surface area contributed by atoms with E-state index in [0.717, 1.165) is 22.5 Å². The molecule has 0 bridgehead atoms. The molecule has 26 heavy (non-hydrogen) atoms. The van der Waals surface area contributed by atoms with Gasteiger partial charge in [-0.15, -0.1) is 11.3 Å². The number of nitriles is 2. The summed E-state index contributed by atoms with van der Waals surface area (Å²) in [7, 11) is 0. The first-order valence-electron chi connectivity index (χ1n) is 7.65. The third-order valence-electron chi connectivity index (χ3n) is 3.76. The Morgan fingerprint density at radius 1 is 1.15 bits per heavy atom. The third kappa shape index (κ3) is 3.32. The maximum atomic E-state index is 13.0. The topological polar surface area (TPSA) is 69.6 Å². The maximum Gasteiger partial charge on any atom is 0.273 e. The molecular formula is C20H12ClN3OS. The van der Waals surface area contributed by atoms with Crippen molar-refractivity contribution in [1.29, 1.82) is 10.5 Å². The highest BCUT2D eigenvalue weighted by Crippen LogP contribution is 2.12. The summed E-state index contributed by atoms with van der Waals surface area (Å²) in [6.45, 7) is 1.88. The van der Waals surface area contributed by atoms with Gasteiger partial charge in [-0.3, -0.25) is 9.36 Å². The van der Waals surface area contributed by atoms with Gasteiger partial charge in [-0.05, 0) is 42.3 Å². The van der Waals surface area contributed by atoms with Crippen molar-refractivity contribution >= 4 is 34.6 Å². The molecule has 0 radical (unpaired) electrons. The van der Waals surface area contributed by atoms with Crippen molar-refractivity contribution in [3.8, 4) is 17.8 Å². The number of nitrogens with zero attached hydrogens (tertiary/aromatic N) is 3. The van der Waals surface area contributed by atoms with Crippen LogP contribution < -0.4 is 14.8 Å². The standard InChI is InChI=1S/C20H12ClN3OS/c1-13-5-2-3-8-17(13)24-19(25)18(26-20(24)15(11-22)12-23)10-14-6-4-7-16(21)9-14/h2-10H,1H3/b18-10+. The second-order valence-electron chi connectivity index (χ2n) is 5.50. The average Bonchev–Trinajstić information content (AvgIpc) is 2.93. The fourth-order valence-electron chi connectivity index (χ4n) is 2.55. The lowest BCUT2D eigenvalue weighted by atomic mass is 10.2. The van der Waals surface area contributed by atoms with Crippen LogP contribution in [0.25, 0.3) is 17.3 Å². The van der Waals surface area contributed by atoms with Crippen LogP contribution in [0, 0.1) is 29.6 Å². The lowest BCUT2D eigenvalue weighted by molar-refractivity contribution is 0.975. The molecule has 0 spiro atoms. The van der Waals surface area contributed by atoms with Crippen molar-refractivity contribution in [3.05, 3.63) is 84.2 Å². The highest BCUT2D eigenvalue weighted by atomic mass is 35.5. The molecular weight excluding hydrogens is 366 g/mol. The van der Waals surface area contributed by atoms with Crippen molar-refractivity contribution in [2.75, 3.05) is 0 Å². The van der Waals surface area contributed by atoms with Crippen LogP contribution in [0.2, 0.25) is 5.02 Å². The van der Waals surface area contributed by atoms with Crippen LogP contribution in [0.5, 0.6) is 0 Å². The van der Waals surface area contributed by atoms with Crippen LogP contribution in [0.15, 0.2) is 53.3 Å². The Balaban J connectivity index is 2.43. The molecule has 1 aromatic heterocycles. The molecule has 0 aliphatic heterocycles. The molecule has 0 aliphatic rings. The Bertz CT molecular complexity index is 1240. The summed E-state index contributed by atoms with van der Waals surface area (Å²) < 4.78 is 2.18. The van der Waals surface area contributed by atoms with Crippen LogP contribution in [-0.2, 0) is 0 Å². The maximum absolute atomic E-state index is 13.0. The highest BCUT2D eigenvalue weighted by molar-refractivity contribution is 7.07. The highest BCUT2D eigenvalue weighted by Gasteiger charge is 2.12. The van der Waals surface area contributed by atoms with E-state index in [4.69, 9.17) is 11.6 Å². The minimum Gasteiger partial charge on any atom is -0.267 e. The second kappa shape index (κ2) is 7.41. The first-order chi connectivity index (χ1) is 12.5. The summed E-state index contributed by atoms with van der Waals surface area (Å²) in [5, 5.41) is 19.2. The Morgan fingerprint density at radius 3 is 2.54 bits per heavy atom. The van der Waals surface area contributed by atoms with E-state index in [1.165, 1.54) is 4.57 Å². The number of thiazole rings is 1. The molecule has 1 heterocycles. The fraction of sp³-hybridized carbons (Fsp3) is 0.0500. The predicted molar refractivity (Wildman–Crippen MR) is 104 cm³/mol. The average molecular weight is 378 g/mol. The smallest absolute Gasteiger partial charge is 0.267 e. The summed E-state index contributed by atoms with van der Waals surface area (Å²) in [5.41, 5.74) is 1.92. The Hall–Kier alpha value is -3.12. The van der Waals surface area contributed by atoms with E-state index in [1.54, 1.807) is 30.3 Å². The summed E-state index contributed by atoms with van der Waals surface area (Å²) in [5.74, 6) is 0. The van der Waals surface area contributed by atoms with Crippen LogP contribution in [0.4, 0.5) is 0 Å². The normalized spacial score (nSPS) is 11.0. The number of halogens is 1. The number of aryl methyl sites for hydroxylation is 1. The van der Waals surface area contributed by atoms with Crippen molar-refractivity contribution in [2.45, 2.75) is 6.92 Å². The van der Waals surface area contributed by atoms with Crippen molar-refractivity contribution < 1.29 is 0 Å². The molecule has 0 saturated heterocycles. The van der Waals surface area contributed by atoms with Crippen LogP contribution in [0.3, 0.4) is 0 Å². The molecule has 0 N–H and O–H groups in total. The van der Waals surface area contributed by atoms with Gasteiger partial charge in [-0.25, -0.2) is 0 Å². The van der Waals surface area contributed by atoms with Gasteiger partial charge in [0.05, 0.1) is 10.2 Å². The number of rotatable bonds is 2. The van der Waals surface area contributed by atoms with Gasteiger partial charge in [-0.2, -0.15) is 10.5 Å². The summed E-state index contributed by atoms with van der Waals surface area (Å²) in [4.78, 5) is 13.0. The van der Waals surface area contributed by atoms with Gasteiger partial charge < -0.3 is 0 Å². The molecule has 0 amide bonds. The number of benzene rings is 2. The SMILES string of the molecule is Cc1ccccc1-n1c(=C(C#N)C#N)s/c(=C/c2cccc(Cl)c2)c1=O. The van der Waals surface area contributed by atoms with Gasteiger partial charge in [0.25, 0.3) is 5.56 Å². The summed E-state index contributed by atoms with van der Waals surface area (Å²) in [6.07, 6.45) is 1.71. The minimum absolute atomic E-state index is 0.0962. The van der Waals surface area contributed by atoms with Gasteiger partial charge in [-0.1, -0.05) is 41.9 Å². The largest absolute Gasteiger partial charge is 0.273 e. The zero-order valence-electron chi connectivity index (χ0n) is 13.7. The van der Waals surface area contributed by atoms with E-state index in [2.05, 4.69) is 0 Å². The minimum atomic E-state index is -0.276. The quantitative estimate of drug-likeness (QED) is 0.689. The van der Waals surface area contributed by atoms with Gasteiger partial charge >= 0.3 is 0 Å². The van der Waals surface area contributed by atoms with E-state index < -0.39 is 0 Å². The van der Waals surface area contributed by atoms with E-state index in [1.807, 2.05) is 43.3 Å². The van der Waals surface area contributed by atoms with Crippen LogP contribution in [0.1, 0.15) is 11.1 Å². The van der Waals surface area contributed by atoms with Gasteiger partial charge in [0, 0.05) is 5.02 Å². The Labute approximate surface area is 158 Å². The van der Waals surface area contributed by atoms with Gasteiger partial charge in [0.15, 0.2) is 5.57 Å². The first-order valence-corrected chi connectivity index (χ1v) is 8.84. The van der Waals surface area contributed by atoms with Gasteiger partial charge in [0.2, 0.25) is 0 Å². The van der Waals surface area contributed by atoms with Crippen molar-refractivity contribution in [1.82, 2.24) is 4.57 Å². The molecule has 0 atom stereocenters. The monoisotopic (exact) mass is 377 g/mol. The molecule has 3 rings (SSSR count). The molecule has 0 unspecified atom stereocenters. The molecule has 0 aliphatic carbocycles. The Kier molecular flexibility index (Phi) is 5.04. The van der Waals surface area contributed by atoms with Crippen molar-refractivity contribution in [3.63, 3.8) is 0 Å². The number of hydrogen-bond donors (Lipinski definition) is 0. The molecule has 0 saturated carbocycles. The molecule has 2 aromatic carbocycles. The lowest BCUT2D eigenvalue weighted by Gasteiger charge is -2.05. The number of aromatic nitrogens is 1. The first kappa shape index (κ1) is 17.7. The zero-order chi connectivity index (χ0) is 18.7. The van der Waals surface area contributed by atoms with Crippen LogP contribution in [-0.4, -0.2) is 4.57 Å². The summed E-state index contributed by atoms with van der Waals surface area (Å²) >= 11 is 7.13. The van der Waals surface area contributed by atoms with Gasteiger partial charge in [0.1, 0.15) is 16.8 Å². The zero-order valence-corrected chi connectivity index (χ0v) is 15.3.